The molecule has 0 spiro atoms. The van der Waals surface area contributed by atoms with Gasteiger partial charge in [0.15, 0.2) is 18.9 Å². The molecule has 0 radical (unpaired) electrons. The monoisotopic (exact) mass is 398 g/mol. The predicted molar refractivity (Wildman–Crippen MR) is 106 cm³/mol. The van der Waals surface area contributed by atoms with Crippen LogP contribution in [0.15, 0.2) is 46.9 Å². The average Bonchev–Trinajstić information content (AvgIpc) is 3.16. The molecule has 0 aliphatic carbocycles. The summed E-state index contributed by atoms with van der Waals surface area (Å²) in [6, 6.07) is 12.7. The summed E-state index contributed by atoms with van der Waals surface area (Å²) >= 11 is 0. The molecule has 0 aliphatic heterocycles. The lowest BCUT2D eigenvalue weighted by atomic mass is 10.2. The molecule has 0 fully saturated rings. The molecule has 0 bridgehead atoms. The van der Waals surface area contributed by atoms with Crippen LogP contribution in [0.25, 0.3) is 11.1 Å². The summed E-state index contributed by atoms with van der Waals surface area (Å²) in [6.45, 7) is 3.43. The van der Waals surface area contributed by atoms with Gasteiger partial charge in [-0.25, -0.2) is 14.7 Å². The van der Waals surface area contributed by atoms with Crippen molar-refractivity contribution in [1.82, 2.24) is 4.98 Å². The molecule has 1 heterocycles. The van der Waals surface area contributed by atoms with Gasteiger partial charge in [0.25, 0.3) is 0 Å². The first-order valence-corrected chi connectivity index (χ1v) is 9.10. The molecule has 0 unspecified atom stereocenters. The number of fused-ring (bicyclic) bond motifs is 1. The maximum Gasteiger partial charge on any atom is 0.416 e. The lowest BCUT2D eigenvalue weighted by molar-refractivity contribution is -0.143. The van der Waals surface area contributed by atoms with Crippen molar-refractivity contribution >= 4 is 28.8 Å². The van der Waals surface area contributed by atoms with E-state index in [0.717, 1.165) is 11.1 Å². The van der Waals surface area contributed by atoms with Crippen molar-refractivity contribution in [3.8, 4) is 5.75 Å². The highest BCUT2D eigenvalue weighted by Gasteiger charge is 2.20. The standard InChI is InChI=1S/C21H22N2O6/c1-4-20(24)28-13-23(21(25)26-3)17-10-9-15(11-14(17)2)27-12-19-22-16-7-5-6-8-18(16)29-19/h5-11H,4,12-13H2,1-3H3. The lowest BCUT2D eigenvalue weighted by Crippen LogP contribution is -2.34. The van der Waals surface area contributed by atoms with E-state index in [-0.39, 0.29) is 19.8 Å². The Morgan fingerprint density at radius 1 is 1.17 bits per heavy atom. The summed E-state index contributed by atoms with van der Waals surface area (Å²) in [4.78, 5) is 29.2. The van der Waals surface area contributed by atoms with Crippen molar-refractivity contribution in [2.75, 3.05) is 18.7 Å². The number of methoxy groups -OCH3 is 1. The van der Waals surface area contributed by atoms with Crippen LogP contribution in [0.5, 0.6) is 5.75 Å². The fourth-order valence-corrected chi connectivity index (χ4v) is 2.72. The van der Waals surface area contributed by atoms with E-state index in [1.54, 1.807) is 25.1 Å². The molecule has 1 aromatic heterocycles. The van der Waals surface area contributed by atoms with E-state index in [0.29, 0.717) is 22.9 Å². The molecule has 152 valence electrons. The number of rotatable bonds is 7. The highest BCUT2D eigenvalue weighted by molar-refractivity contribution is 5.88. The Bertz CT molecular complexity index is 980. The molecule has 2 aromatic carbocycles. The number of amides is 1. The van der Waals surface area contributed by atoms with Crippen LogP contribution in [0.3, 0.4) is 0 Å². The second kappa shape index (κ2) is 9.09. The number of nitrogens with zero attached hydrogens (tertiary/aromatic N) is 2. The molecular weight excluding hydrogens is 376 g/mol. The van der Waals surface area contributed by atoms with E-state index in [9.17, 15) is 9.59 Å². The van der Waals surface area contributed by atoms with Gasteiger partial charge >= 0.3 is 12.1 Å². The number of esters is 1. The quantitative estimate of drug-likeness (QED) is 0.435. The van der Waals surface area contributed by atoms with Gasteiger partial charge in [0, 0.05) is 6.42 Å². The van der Waals surface area contributed by atoms with Gasteiger partial charge in [-0.2, -0.15) is 0 Å². The minimum atomic E-state index is -0.628. The van der Waals surface area contributed by atoms with Crippen LogP contribution in [0.1, 0.15) is 24.8 Å². The first-order valence-electron chi connectivity index (χ1n) is 9.10. The minimum Gasteiger partial charge on any atom is -0.484 e. The zero-order valence-corrected chi connectivity index (χ0v) is 16.5. The molecular formula is C21H22N2O6. The Morgan fingerprint density at radius 2 is 1.97 bits per heavy atom. The van der Waals surface area contributed by atoms with Crippen molar-refractivity contribution in [1.29, 1.82) is 0 Å². The molecule has 8 heteroatoms. The van der Waals surface area contributed by atoms with Gasteiger partial charge < -0.3 is 18.6 Å². The molecule has 0 saturated carbocycles. The topological polar surface area (TPSA) is 91.1 Å². The van der Waals surface area contributed by atoms with Crippen LogP contribution < -0.4 is 9.64 Å². The Kier molecular flexibility index (Phi) is 6.33. The number of para-hydroxylation sites is 2. The van der Waals surface area contributed by atoms with Crippen molar-refractivity contribution in [3.63, 3.8) is 0 Å². The number of ether oxygens (including phenoxy) is 3. The van der Waals surface area contributed by atoms with Crippen molar-refractivity contribution < 1.29 is 28.2 Å². The van der Waals surface area contributed by atoms with Crippen LogP contribution in [-0.2, 0) is 20.9 Å². The Hall–Kier alpha value is -3.55. The van der Waals surface area contributed by atoms with Crippen molar-refractivity contribution in [2.24, 2.45) is 0 Å². The molecule has 0 N–H and O–H groups in total. The maximum atomic E-state index is 12.1. The summed E-state index contributed by atoms with van der Waals surface area (Å²) in [5.74, 6) is 0.648. The van der Waals surface area contributed by atoms with Gasteiger partial charge in [0.05, 0.1) is 12.8 Å². The summed E-state index contributed by atoms with van der Waals surface area (Å²) in [5, 5.41) is 0. The largest absolute Gasteiger partial charge is 0.484 e. The van der Waals surface area contributed by atoms with Crippen LogP contribution >= 0.6 is 0 Å². The number of hydrogen-bond acceptors (Lipinski definition) is 7. The number of benzene rings is 2. The second-order valence-electron chi connectivity index (χ2n) is 6.21. The Labute approximate surface area is 168 Å². The normalized spacial score (nSPS) is 10.6. The number of carbonyl (C=O) groups excluding carboxylic acids is 2. The third-order valence-electron chi connectivity index (χ3n) is 4.20. The number of oxazole rings is 1. The van der Waals surface area contributed by atoms with Gasteiger partial charge in [-0.3, -0.25) is 4.79 Å². The summed E-state index contributed by atoms with van der Waals surface area (Å²) in [7, 11) is 1.27. The van der Waals surface area contributed by atoms with Gasteiger partial charge in [-0.1, -0.05) is 19.1 Å². The lowest BCUT2D eigenvalue weighted by Gasteiger charge is -2.23. The maximum absolute atomic E-state index is 12.1. The molecule has 29 heavy (non-hydrogen) atoms. The molecule has 0 atom stereocenters. The fourth-order valence-electron chi connectivity index (χ4n) is 2.72. The summed E-state index contributed by atoms with van der Waals surface area (Å²) in [6.07, 6.45) is -0.409. The van der Waals surface area contributed by atoms with Gasteiger partial charge in [0.1, 0.15) is 11.3 Å². The Morgan fingerprint density at radius 3 is 2.66 bits per heavy atom. The molecule has 3 aromatic rings. The minimum absolute atomic E-state index is 0.169. The fraction of sp³-hybridized carbons (Fsp3) is 0.286. The summed E-state index contributed by atoms with van der Waals surface area (Å²) in [5.41, 5.74) is 2.77. The van der Waals surface area contributed by atoms with E-state index in [4.69, 9.17) is 18.6 Å². The first-order chi connectivity index (χ1) is 14.0. The van der Waals surface area contributed by atoms with E-state index in [2.05, 4.69) is 4.98 Å². The van der Waals surface area contributed by atoms with Gasteiger partial charge in [-0.15, -0.1) is 0 Å². The highest BCUT2D eigenvalue weighted by atomic mass is 16.6. The van der Waals surface area contributed by atoms with Gasteiger partial charge in [-0.05, 0) is 42.8 Å². The van der Waals surface area contributed by atoms with Crippen LogP contribution in [-0.4, -0.2) is 30.9 Å². The van der Waals surface area contributed by atoms with E-state index in [1.165, 1.54) is 12.0 Å². The predicted octanol–water partition coefficient (Wildman–Crippen LogP) is 4.20. The smallest absolute Gasteiger partial charge is 0.416 e. The number of aromatic nitrogens is 1. The van der Waals surface area contributed by atoms with Crippen molar-refractivity contribution in [3.05, 3.63) is 53.9 Å². The van der Waals surface area contributed by atoms with Crippen LogP contribution in [0.2, 0.25) is 0 Å². The molecule has 0 aliphatic rings. The zero-order valence-electron chi connectivity index (χ0n) is 16.5. The second-order valence-corrected chi connectivity index (χ2v) is 6.21. The number of aryl methyl sites for hydroxylation is 1. The van der Waals surface area contributed by atoms with E-state index >= 15 is 0 Å². The third-order valence-corrected chi connectivity index (χ3v) is 4.20. The van der Waals surface area contributed by atoms with Gasteiger partial charge in [0.2, 0.25) is 5.89 Å². The zero-order chi connectivity index (χ0) is 20.8. The molecule has 8 nitrogen and oxygen atoms in total. The number of anilines is 1. The van der Waals surface area contributed by atoms with Crippen LogP contribution in [0, 0.1) is 6.92 Å². The first kappa shape index (κ1) is 20.2. The van der Waals surface area contributed by atoms with Crippen molar-refractivity contribution in [2.45, 2.75) is 26.9 Å². The average molecular weight is 398 g/mol. The SMILES string of the molecule is CCC(=O)OCN(C(=O)OC)c1ccc(OCc2nc3ccccc3o2)cc1C. The molecule has 3 rings (SSSR count). The van der Waals surface area contributed by atoms with E-state index in [1.807, 2.05) is 31.2 Å². The van der Waals surface area contributed by atoms with E-state index < -0.39 is 12.1 Å². The third kappa shape index (κ3) is 4.84. The highest BCUT2D eigenvalue weighted by Crippen LogP contribution is 2.26. The Balaban J connectivity index is 1.71. The molecule has 0 saturated heterocycles. The molecule has 1 amide bonds. The number of carbonyl (C=O) groups is 2. The number of hydrogen-bond donors (Lipinski definition) is 0. The van der Waals surface area contributed by atoms with Crippen LogP contribution in [0.4, 0.5) is 10.5 Å². The summed E-state index contributed by atoms with van der Waals surface area (Å²) < 4.78 is 21.3.